The number of hydrogen-bond acceptors (Lipinski definition) is 2. The summed E-state index contributed by atoms with van der Waals surface area (Å²) in [4.78, 5) is 23.6. The van der Waals surface area contributed by atoms with Crippen molar-refractivity contribution in [1.82, 2.24) is 10.9 Å². The van der Waals surface area contributed by atoms with Gasteiger partial charge < -0.3 is 0 Å². The van der Waals surface area contributed by atoms with E-state index in [2.05, 4.69) is 10.9 Å². The fourth-order valence-corrected chi connectivity index (χ4v) is 2.07. The molecular formula is C15H12Cl2N2O2. The minimum Gasteiger partial charge on any atom is -0.273 e. The molecule has 2 rings (SSSR count). The third-order valence-electron chi connectivity index (χ3n) is 2.70. The van der Waals surface area contributed by atoms with Crippen LogP contribution in [0.5, 0.6) is 0 Å². The molecule has 108 valence electrons. The highest BCUT2D eigenvalue weighted by Gasteiger charge is 2.12. The van der Waals surface area contributed by atoms with Crippen LogP contribution in [0.1, 0.15) is 15.9 Å². The molecule has 0 aliphatic carbocycles. The van der Waals surface area contributed by atoms with E-state index < -0.39 is 5.91 Å². The molecule has 0 aromatic heterocycles. The third kappa shape index (κ3) is 4.48. The van der Waals surface area contributed by atoms with Crippen LogP contribution in [-0.4, -0.2) is 11.8 Å². The van der Waals surface area contributed by atoms with Gasteiger partial charge in [-0.05, 0) is 23.8 Å². The number of benzene rings is 2. The zero-order chi connectivity index (χ0) is 15.2. The van der Waals surface area contributed by atoms with Gasteiger partial charge in [-0.25, -0.2) is 0 Å². The molecule has 0 bridgehead atoms. The average molecular weight is 323 g/mol. The van der Waals surface area contributed by atoms with E-state index in [1.807, 2.05) is 30.3 Å². The number of carbonyl (C=O) groups excluding carboxylic acids is 2. The van der Waals surface area contributed by atoms with Crippen LogP contribution in [-0.2, 0) is 11.2 Å². The van der Waals surface area contributed by atoms with E-state index in [1.54, 1.807) is 6.07 Å². The zero-order valence-electron chi connectivity index (χ0n) is 10.9. The van der Waals surface area contributed by atoms with E-state index in [1.165, 1.54) is 12.1 Å². The van der Waals surface area contributed by atoms with E-state index in [4.69, 9.17) is 23.2 Å². The second-order valence-electron chi connectivity index (χ2n) is 4.29. The number of hydrazine groups is 1. The fourth-order valence-electron chi connectivity index (χ4n) is 1.69. The molecule has 21 heavy (non-hydrogen) atoms. The lowest BCUT2D eigenvalue weighted by atomic mass is 10.1. The van der Waals surface area contributed by atoms with Gasteiger partial charge in [0.15, 0.2) is 0 Å². The largest absolute Gasteiger partial charge is 0.273 e. The van der Waals surface area contributed by atoms with Crippen molar-refractivity contribution in [2.45, 2.75) is 6.42 Å². The second-order valence-corrected chi connectivity index (χ2v) is 5.13. The maximum Gasteiger partial charge on any atom is 0.271 e. The Hall–Kier alpha value is -2.04. The van der Waals surface area contributed by atoms with Crippen molar-refractivity contribution in [3.63, 3.8) is 0 Å². The van der Waals surface area contributed by atoms with Crippen LogP contribution in [0, 0.1) is 0 Å². The van der Waals surface area contributed by atoms with Crippen molar-refractivity contribution in [2.75, 3.05) is 0 Å². The minimum atomic E-state index is -0.524. The van der Waals surface area contributed by atoms with Gasteiger partial charge in [0.25, 0.3) is 5.91 Å². The van der Waals surface area contributed by atoms with Gasteiger partial charge in [0.05, 0.1) is 17.0 Å². The molecule has 4 nitrogen and oxygen atoms in total. The van der Waals surface area contributed by atoms with E-state index in [0.29, 0.717) is 5.02 Å². The number of halogens is 2. The highest BCUT2D eigenvalue weighted by molar-refractivity contribution is 6.35. The van der Waals surface area contributed by atoms with Crippen LogP contribution in [0.25, 0.3) is 0 Å². The normalized spacial score (nSPS) is 10.0. The minimum absolute atomic E-state index is 0.171. The summed E-state index contributed by atoms with van der Waals surface area (Å²) in [6.07, 6.45) is 0.171. The Balaban J connectivity index is 1.92. The molecule has 2 aromatic carbocycles. The van der Waals surface area contributed by atoms with Crippen LogP contribution in [0.4, 0.5) is 0 Å². The van der Waals surface area contributed by atoms with E-state index in [0.717, 1.165) is 5.56 Å². The summed E-state index contributed by atoms with van der Waals surface area (Å²) in [7, 11) is 0. The Morgan fingerprint density at radius 3 is 2.38 bits per heavy atom. The zero-order valence-corrected chi connectivity index (χ0v) is 12.4. The molecule has 2 amide bonds. The Morgan fingerprint density at radius 2 is 1.67 bits per heavy atom. The molecule has 0 heterocycles. The summed E-state index contributed by atoms with van der Waals surface area (Å²) in [6.45, 7) is 0. The molecular weight excluding hydrogens is 311 g/mol. The van der Waals surface area contributed by atoms with E-state index in [-0.39, 0.29) is 22.9 Å². The van der Waals surface area contributed by atoms with Crippen molar-refractivity contribution >= 4 is 35.0 Å². The quantitative estimate of drug-likeness (QED) is 0.853. The number of nitrogens with one attached hydrogen (secondary N) is 2. The van der Waals surface area contributed by atoms with Gasteiger partial charge in [0.2, 0.25) is 5.91 Å². The van der Waals surface area contributed by atoms with Crippen LogP contribution >= 0.6 is 23.2 Å². The van der Waals surface area contributed by atoms with Crippen molar-refractivity contribution < 1.29 is 9.59 Å². The summed E-state index contributed by atoms with van der Waals surface area (Å²) >= 11 is 11.7. The predicted octanol–water partition coefficient (Wildman–Crippen LogP) is 3.00. The summed E-state index contributed by atoms with van der Waals surface area (Å²) in [5, 5.41) is 0.648. The van der Waals surface area contributed by atoms with Crippen molar-refractivity contribution in [2.24, 2.45) is 0 Å². The van der Waals surface area contributed by atoms with Crippen LogP contribution < -0.4 is 10.9 Å². The molecule has 0 unspecified atom stereocenters. The van der Waals surface area contributed by atoms with Crippen LogP contribution in [0.3, 0.4) is 0 Å². The van der Waals surface area contributed by atoms with Crippen LogP contribution in [0.15, 0.2) is 48.5 Å². The van der Waals surface area contributed by atoms with Crippen LogP contribution in [0.2, 0.25) is 10.0 Å². The molecule has 0 fully saturated rings. The highest BCUT2D eigenvalue weighted by Crippen LogP contribution is 2.20. The maximum absolute atomic E-state index is 11.9. The van der Waals surface area contributed by atoms with Crippen molar-refractivity contribution in [1.29, 1.82) is 0 Å². The molecule has 0 saturated heterocycles. The predicted molar refractivity (Wildman–Crippen MR) is 82.2 cm³/mol. The first-order valence-corrected chi connectivity index (χ1v) is 6.90. The molecule has 0 atom stereocenters. The van der Waals surface area contributed by atoms with E-state index in [9.17, 15) is 9.59 Å². The van der Waals surface area contributed by atoms with Gasteiger partial charge in [-0.2, -0.15) is 0 Å². The highest BCUT2D eigenvalue weighted by atomic mass is 35.5. The number of hydrogen-bond donors (Lipinski definition) is 2. The molecule has 2 N–H and O–H groups in total. The van der Waals surface area contributed by atoms with Gasteiger partial charge in [0.1, 0.15) is 0 Å². The van der Waals surface area contributed by atoms with E-state index >= 15 is 0 Å². The Bertz CT molecular complexity index is 660. The Morgan fingerprint density at radius 1 is 0.952 bits per heavy atom. The number of amides is 2. The molecule has 0 spiro atoms. The molecule has 0 aliphatic rings. The van der Waals surface area contributed by atoms with Gasteiger partial charge in [0, 0.05) is 5.02 Å². The third-order valence-corrected chi connectivity index (χ3v) is 3.26. The Kier molecular flexibility index (Phi) is 5.20. The summed E-state index contributed by atoms with van der Waals surface area (Å²) in [6, 6.07) is 13.7. The van der Waals surface area contributed by atoms with Gasteiger partial charge in [-0.15, -0.1) is 0 Å². The summed E-state index contributed by atoms with van der Waals surface area (Å²) in [5.41, 5.74) is 5.69. The topological polar surface area (TPSA) is 58.2 Å². The lowest BCUT2D eigenvalue weighted by Crippen LogP contribution is -2.42. The lowest BCUT2D eigenvalue weighted by molar-refractivity contribution is -0.121. The second kappa shape index (κ2) is 7.11. The monoisotopic (exact) mass is 322 g/mol. The SMILES string of the molecule is O=C(Cc1ccccc1)NNC(=O)c1cc(Cl)ccc1Cl. The van der Waals surface area contributed by atoms with Gasteiger partial charge >= 0.3 is 0 Å². The standard InChI is InChI=1S/C15H12Cl2N2O2/c16-11-6-7-13(17)12(9-11)15(21)19-18-14(20)8-10-4-2-1-3-5-10/h1-7,9H,8H2,(H,18,20)(H,19,21). The van der Waals surface area contributed by atoms with Crippen molar-refractivity contribution in [3.8, 4) is 0 Å². The van der Waals surface area contributed by atoms with Crippen molar-refractivity contribution in [3.05, 3.63) is 69.7 Å². The summed E-state index contributed by atoms with van der Waals surface area (Å²) < 4.78 is 0. The molecule has 0 saturated carbocycles. The maximum atomic E-state index is 11.9. The first-order valence-electron chi connectivity index (χ1n) is 6.14. The summed E-state index contributed by atoms with van der Waals surface area (Å²) in [5.74, 6) is -0.850. The number of carbonyl (C=O) groups is 2. The number of rotatable bonds is 3. The first kappa shape index (κ1) is 15.4. The smallest absolute Gasteiger partial charge is 0.271 e. The fraction of sp³-hybridized carbons (Fsp3) is 0.0667. The first-order chi connectivity index (χ1) is 10.1. The Labute approximate surface area is 132 Å². The molecule has 6 heteroatoms. The van der Waals surface area contributed by atoms with Gasteiger partial charge in [-0.3, -0.25) is 20.4 Å². The van der Waals surface area contributed by atoms with Gasteiger partial charge in [-0.1, -0.05) is 53.5 Å². The molecule has 2 aromatic rings. The molecule has 0 radical (unpaired) electrons. The lowest BCUT2D eigenvalue weighted by Gasteiger charge is -2.08. The average Bonchev–Trinajstić information content (AvgIpc) is 2.48. The molecule has 0 aliphatic heterocycles.